The van der Waals surface area contributed by atoms with Gasteiger partial charge in [0, 0.05) is 0 Å². The zero-order valence-corrected chi connectivity index (χ0v) is 40.2. The van der Waals surface area contributed by atoms with Gasteiger partial charge in [-0.3, -0.25) is 0 Å². The molecule has 3 aliphatic heterocycles. The van der Waals surface area contributed by atoms with Gasteiger partial charge in [-0.2, -0.15) is 0 Å². The molecule has 13 N–H and O–H groups in total. The molecule has 3 saturated heterocycles. The molecule has 0 bridgehead atoms. The zero-order valence-electron chi connectivity index (χ0n) is 40.2. The van der Waals surface area contributed by atoms with Crippen LogP contribution in [0.3, 0.4) is 0 Å². The summed E-state index contributed by atoms with van der Waals surface area (Å²) in [5.41, 5.74) is -2.26. The van der Waals surface area contributed by atoms with Crippen LogP contribution in [0.25, 0.3) is 0 Å². The Morgan fingerprint density at radius 3 is 1.73 bits per heavy atom. The monoisotopic (exact) mass is 963 g/mol. The van der Waals surface area contributed by atoms with Crippen LogP contribution in [0, 0.1) is 50.7 Å². The molecule has 8 fully saturated rings. The van der Waals surface area contributed by atoms with E-state index in [9.17, 15) is 66.4 Å². The minimum absolute atomic E-state index is 0.0427. The SMILES string of the molecule is C[C@H](CC[C@@H](O[C@@H]1O[C@H](CO)[C@@H](O)[C@H](O)[C@H]1O)C(C)(C)O)[C@H]1CC[C@@]2(C)[C@@H]3[C@@H](O)C[C@H]4C(C)(C)[C@@H](O[C@@H]5O[C@H](CO)[C@@H](O)[C@H](O)[C@H]5O[C@@H]5O[C@H](CO)[C@@H](O)[C@H](O)[C@H]5O)CC[C@@]45C[C@@]35CC[C@]12C. The van der Waals surface area contributed by atoms with Crippen LogP contribution in [0.15, 0.2) is 0 Å². The lowest BCUT2D eigenvalue weighted by molar-refractivity contribution is -0.377. The predicted octanol–water partition coefficient (Wildman–Crippen LogP) is -1.22. The van der Waals surface area contributed by atoms with Gasteiger partial charge >= 0.3 is 0 Å². The number of rotatable bonds is 14. The fraction of sp³-hybridized carbons (Fsp3) is 1.00. The number of ether oxygens (including phenoxy) is 6. The molecule has 0 amide bonds. The Hall–Kier alpha value is -0.760. The number of hydrogen-bond acceptors (Lipinski definition) is 19. The van der Waals surface area contributed by atoms with Crippen molar-refractivity contribution in [2.75, 3.05) is 19.8 Å². The maximum absolute atomic E-state index is 12.6. The van der Waals surface area contributed by atoms with Gasteiger partial charge < -0.3 is 94.8 Å². The molecule has 19 heteroatoms. The van der Waals surface area contributed by atoms with Gasteiger partial charge in [-0.15, -0.1) is 0 Å². The third kappa shape index (κ3) is 8.31. The van der Waals surface area contributed by atoms with Crippen LogP contribution < -0.4 is 0 Å². The third-order valence-corrected chi connectivity index (χ3v) is 19.8. The summed E-state index contributed by atoms with van der Waals surface area (Å²) in [4.78, 5) is 0. The second-order valence-electron chi connectivity index (χ2n) is 23.8. The Balaban J connectivity index is 0.962. The first kappa shape index (κ1) is 52.6. The molecule has 0 radical (unpaired) electrons. The molecular formula is C48H82O19. The number of aliphatic hydroxyl groups excluding tert-OH is 12. The van der Waals surface area contributed by atoms with Gasteiger partial charge in [0.25, 0.3) is 0 Å². The lowest BCUT2D eigenvalue weighted by Gasteiger charge is -2.65. The fourth-order valence-electron chi connectivity index (χ4n) is 15.9. The average Bonchev–Trinajstić information content (AvgIpc) is 3.84. The van der Waals surface area contributed by atoms with Gasteiger partial charge in [0.1, 0.15) is 73.2 Å². The highest BCUT2D eigenvalue weighted by molar-refractivity contribution is 5.32. The smallest absolute Gasteiger partial charge is 0.187 e. The minimum Gasteiger partial charge on any atom is -0.394 e. The first-order chi connectivity index (χ1) is 31.3. The summed E-state index contributed by atoms with van der Waals surface area (Å²) in [5.74, 6) is 0.640. The molecule has 0 aromatic rings. The Morgan fingerprint density at radius 1 is 0.597 bits per heavy atom. The number of hydrogen-bond donors (Lipinski definition) is 13. The van der Waals surface area contributed by atoms with Crippen LogP contribution in [0.5, 0.6) is 0 Å². The van der Waals surface area contributed by atoms with Crippen molar-refractivity contribution >= 4 is 0 Å². The molecule has 3 heterocycles. The van der Waals surface area contributed by atoms with E-state index in [2.05, 4.69) is 34.6 Å². The van der Waals surface area contributed by atoms with E-state index in [4.69, 9.17) is 28.4 Å². The van der Waals surface area contributed by atoms with E-state index >= 15 is 0 Å². The van der Waals surface area contributed by atoms with Crippen molar-refractivity contribution in [2.45, 2.75) is 229 Å². The Morgan fingerprint density at radius 2 is 1.15 bits per heavy atom. The lowest BCUT2D eigenvalue weighted by Crippen LogP contribution is -2.66. The lowest BCUT2D eigenvalue weighted by atomic mass is 9.41. The zero-order chi connectivity index (χ0) is 49.1. The normalized spacial score (nSPS) is 53.7. The summed E-state index contributed by atoms with van der Waals surface area (Å²) in [6.45, 7) is 12.6. The Labute approximate surface area is 393 Å². The summed E-state index contributed by atoms with van der Waals surface area (Å²) in [7, 11) is 0. The fourth-order valence-corrected chi connectivity index (χ4v) is 15.9. The summed E-state index contributed by atoms with van der Waals surface area (Å²) < 4.78 is 36.2. The maximum Gasteiger partial charge on any atom is 0.187 e. The molecule has 2 spiro atoms. The van der Waals surface area contributed by atoms with E-state index in [0.29, 0.717) is 31.6 Å². The second kappa shape index (κ2) is 18.6. The highest BCUT2D eigenvalue weighted by Gasteiger charge is 2.84. The van der Waals surface area contributed by atoms with Gasteiger partial charge in [0.05, 0.1) is 43.7 Å². The highest BCUT2D eigenvalue weighted by Crippen LogP contribution is 2.89. The van der Waals surface area contributed by atoms with E-state index in [1.54, 1.807) is 13.8 Å². The summed E-state index contributed by atoms with van der Waals surface area (Å²) in [5, 5.41) is 139. The molecule has 26 atom stereocenters. The maximum atomic E-state index is 12.6. The largest absolute Gasteiger partial charge is 0.394 e. The van der Waals surface area contributed by atoms with E-state index < -0.39 is 141 Å². The molecule has 0 aromatic carbocycles. The molecule has 5 saturated carbocycles. The van der Waals surface area contributed by atoms with Crippen LogP contribution in [0.4, 0.5) is 0 Å². The molecule has 8 rings (SSSR count). The molecule has 5 aliphatic carbocycles. The van der Waals surface area contributed by atoms with Crippen LogP contribution in [0.1, 0.15) is 113 Å². The number of aliphatic hydroxyl groups is 13. The molecule has 19 nitrogen and oxygen atoms in total. The van der Waals surface area contributed by atoms with Gasteiger partial charge in [-0.25, -0.2) is 0 Å². The molecule has 0 unspecified atom stereocenters. The van der Waals surface area contributed by atoms with Gasteiger partial charge in [0.2, 0.25) is 0 Å². The van der Waals surface area contributed by atoms with Crippen molar-refractivity contribution in [1.29, 1.82) is 0 Å². The van der Waals surface area contributed by atoms with E-state index in [1.165, 1.54) is 0 Å². The van der Waals surface area contributed by atoms with Crippen LogP contribution in [-0.4, -0.2) is 202 Å². The first-order valence-electron chi connectivity index (χ1n) is 24.9. The van der Waals surface area contributed by atoms with Crippen molar-refractivity contribution < 1.29 is 94.8 Å². The first-order valence-corrected chi connectivity index (χ1v) is 24.9. The average molecular weight is 963 g/mol. The topological polar surface area (TPSA) is 318 Å². The van der Waals surface area contributed by atoms with Crippen molar-refractivity contribution in [3.8, 4) is 0 Å². The summed E-state index contributed by atoms with van der Waals surface area (Å²) in [6.07, 6.45) is -16.6. The van der Waals surface area contributed by atoms with Gasteiger partial charge in [0.15, 0.2) is 18.9 Å². The predicted molar refractivity (Wildman–Crippen MR) is 233 cm³/mol. The molecular weight excluding hydrogens is 881 g/mol. The third-order valence-electron chi connectivity index (χ3n) is 19.8. The van der Waals surface area contributed by atoms with Gasteiger partial charge in [-0.05, 0) is 129 Å². The number of fused-ring (bicyclic) bond motifs is 2. The standard InChI is InChI=1S/C48H82O19/c1-21(8-9-29(44(4,5)61)66-40-36(59)33(56)30(53)24(17-49)62-40)22-10-12-46(7)39-23(52)16-27-43(2,3)28(11-13-47(27)20-48(39,47)15-14-45(22,46)6)65-42-38(35(58)32(55)26(19-51)64-42)67-41-37(60)34(57)31(54)25(18-50)63-41/h21-42,49-61H,8-20H2,1-7H3/t21-,22-,23+,24-,25-,26-,27+,28+,29-,30-,31-,32-,33+,34+,35+,36-,37-,38-,39+,40+,41+,42+,45-,46+,47-,48+/m1/s1. The quantitative estimate of drug-likeness (QED) is 0.0908. The van der Waals surface area contributed by atoms with Crippen molar-refractivity contribution in [3.05, 3.63) is 0 Å². The van der Waals surface area contributed by atoms with Gasteiger partial charge in [-0.1, -0.05) is 34.6 Å². The molecule has 0 aromatic heterocycles. The van der Waals surface area contributed by atoms with Crippen molar-refractivity contribution in [2.24, 2.45) is 50.7 Å². The molecule has 67 heavy (non-hydrogen) atoms. The summed E-state index contributed by atoms with van der Waals surface area (Å²) in [6, 6.07) is 0. The highest BCUT2D eigenvalue weighted by atomic mass is 16.8. The Bertz CT molecular complexity index is 1710. The summed E-state index contributed by atoms with van der Waals surface area (Å²) >= 11 is 0. The van der Waals surface area contributed by atoms with Crippen LogP contribution >= 0.6 is 0 Å². The van der Waals surface area contributed by atoms with Crippen LogP contribution in [-0.2, 0) is 28.4 Å². The molecule has 8 aliphatic rings. The second-order valence-corrected chi connectivity index (χ2v) is 23.8. The molecule has 388 valence electrons. The van der Waals surface area contributed by atoms with E-state index in [1.807, 2.05) is 0 Å². The van der Waals surface area contributed by atoms with E-state index in [-0.39, 0.29) is 39.4 Å². The van der Waals surface area contributed by atoms with E-state index in [0.717, 1.165) is 38.5 Å². The van der Waals surface area contributed by atoms with Crippen molar-refractivity contribution in [3.63, 3.8) is 0 Å². The minimum atomic E-state index is -1.79. The van der Waals surface area contributed by atoms with Crippen molar-refractivity contribution in [1.82, 2.24) is 0 Å². The van der Waals surface area contributed by atoms with Crippen LogP contribution in [0.2, 0.25) is 0 Å². The Kier molecular flexibility index (Phi) is 14.6.